The van der Waals surface area contributed by atoms with E-state index in [9.17, 15) is 4.79 Å². The highest BCUT2D eigenvalue weighted by molar-refractivity contribution is 5.76. The fourth-order valence-corrected chi connectivity index (χ4v) is 2.99. The Morgan fingerprint density at radius 1 is 1.22 bits per heavy atom. The van der Waals surface area contributed by atoms with E-state index < -0.39 is 0 Å². The molecule has 3 heteroatoms. The number of hydrogen-bond acceptors (Lipinski definition) is 2. The lowest BCUT2D eigenvalue weighted by Crippen LogP contribution is -2.42. The minimum Gasteiger partial charge on any atom is -0.342 e. The Morgan fingerprint density at radius 2 is 1.78 bits per heavy atom. The molecular formula is C15H30N2O. The molecule has 0 radical (unpaired) electrons. The van der Waals surface area contributed by atoms with Gasteiger partial charge in [-0.05, 0) is 43.1 Å². The summed E-state index contributed by atoms with van der Waals surface area (Å²) in [7, 11) is 0. The molecule has 1 aliphatic heterocycles. The van der Waals surface area contributed by atoms with E-state index in [4.69, 9.17) is 5.73 Å². The summed E-state index contributed by atoms with van der Waals surface area (Å²) in [6.45, 7) is 11.5. The molecule has 0 saturated carbocycles. The molecule has 0 aromatic carbocycles. The zero-order chi connectivity index (χ0) is 13.8. The highest BCUT2D eigenvalue weighted by Gasteiger charge is 2.26. The van der Waals surface area contributed by atoms with Crippen LogP contribution in [0.1, 0.15) is 53.4 Å². The van der Waals surface area contributed by atoms with Crippen molar-refractivity contribution in [3.63, 3.8) is 0 Å². The van der Waals surface area contributed by atoms with E-state index in [1.807, 2.05) is 0 Å². The van der Waals surface area contributed by atoms with Crippen molar-refractivity contribution < 1.29 is 4.79 Å². The molecule has 1 aliphatic rings. The molecule has 2 atom stereocenters. The summed E-state index contributed by atoms with van der Waals surface area (Å²) >= 11 is 0. The molecule has 1 fully saturated rings. The van der Waals surface area contributed by atoms with Crippen LogP contribution in [0.5, 0.6) is 0 Å². The van der Waals surface area contributed by atoms with Crippen LogP contribution in [-0.4, -0.2) is 30.4 Å². The van der Waals surface area contributed by atoms with E-state index in [0.717, 1.165) is 25.9 Å². The Hall–Kier alpha value is -0.570. The number of nitrogens with zero attached hydrogens (tertiary/aromatic N) is 1. The first-order valence-electron chi connectivity index (χ1n) is 7.32. The van der Waals surface area contributed by atoms with Gasteiger partial charge < -0.3 is 10.6 Å². The molecular weight excluding hydrogens is 224 g/mol. The third-order valence-corrected chi connectivity index (χ3v) is 4.06. The molecule has 1 rings (SSSR count). The van der Waals surface area contributed by atoms with Crippen LogP contribution in [0.15, 0.2) is 0 Å². The van der Waals surface area contributed by atoms with Crippen molar-refractivity contribution in [2.45, 2.75) is 53.4 Å². The van der Waals surface area contributed by atoms with Crippen LogP contribution in [0.3, 0.4) is 0 Å². The van der Waals surface area contributed by atoms with E-state index in [0.29, 0.717) is 30.7 Å². The molecule has 106 valence electrons. The average Bonchev–Trinajstić information content (AvgIpc) is 2.24. The Bertz CT molecular complexity index is 266. The molecule has 3 nitrogen and oxygen atoms in total. The smallest absolute Gasteiger partial charge is 0.222 e. The first kappa shape index (κ1) is 15.5. The quantitative estimate of drug-likeness (QED) is 0.820. The molecule has 0 aromatic heterocycles. The van der Waals surface area contributed by atoms with Crippen molar-refractivity contribution in [3.05, 3.63) is 0 Å². The van der Waals surface area contributed by atoms with E-state index in [1.165, 1.54) is 6.42 Å². The van der Waals surface area contributed by atoms with Crippen molar-refractivity contribution in [2.24, 2.45) is 23.0 Å². The van der Waals surface area contributed by atoms with Gasteiger partial charge in [0.1, 0.15) is 0 Å². The first-order chi connectivity index (χ1) is 8.34. The SMILES string of the molecule is CC1CC(C)CN(C(=O)CCC(C)(C)CCN)C1. The maximum Gasteiger partial charge on any atom is 0.222 e. The van der Waals surface area contributed by atoms with Gasteiger partial charge in [-0.1, -0.05) is 27.7 Å². The lowest BCUT2D eigenvalue weighted by Gasteiger charge is -2.35. The Kier molecular flexibility index (Phi) is 5.64. The molecule has 0 spiro atoms. The predicted octanol–water partition coefficient (Wildman–Crippen LogP) is 2.65. The zero-order valence-electron chi connectivity index (χ0n) is 12.5. The number of nitrogens with two attached hydrogens (primary N) is 1. The summed E-state index contributed by atoms with van der Waals surface area (Å²) in [5.41, 5.74) is 5.80. The molecule has 0 aromatic rings. The van der Waals surface area contributed by atoms with Gasteiger partial charge in [0, 0.05) is 19.5 Å². The van der Waals surface area contributed by atoms with Crippen LogP contribution >= 0.6 is 0 Å². The standard InChI is InChI=1S/C15H30N2O/c1-12-9-13(2)11-17(10-12)14(18)5-6-15(3,4)7-8-16/h12-13H,5-11,16H2,1-4H3. The molecule has 0 bridgehead atoms. The van der Waals surface area contributed by atoms with Gasteiger partial charge in [-0.2, -0.15) is 0 Å². The van der Waals surface area contributed by atoms with Gasteiger partial charge in [-0.15, -0.1) is 0 Å². The number of hydrogen-bond donors (Lipinski definition) is 1. The molecule has 2 unspecified atom stereocenters. The zero-order valence-corrected chi connectivity index (χ0v) is 12.5. The largest absolute Gasteiger partial charge is 0.342 e. The van der Waals surface area contributed by atoms with Crippen LogP contribution in [0, 0.1) is 17.3 Å². The van der Waals surface area contributed by atoms with Gasteiger partial charge in [-0.25, -0.2) is 0 Å². The van der Waals surface area contributed by atoms with Crippen molar-refractivity contribution in [1.29, 1.82) is 0 Å². The van der Waals surface area contributed by atoms with Gasteiger partial charge in [0.05, 0.1) is 0 Å². The second kappa shape index (κ2) is 6.55. The topological polar surface area (TPSA) is 46.3 Å². The van der Waals surface area contributed by atoms with Crippen molar-refractivity contribution in [3.8, 4) is 0 Å². The average molecular weight is 254 g/mol. The maximum absolute atomic E-state index is 12.2. The molecule has 0 aliphatic carbocycles. The Labute approximate surface area is 112 Å². The van der Waals surface area contributed by atoms with Gasteiger partial charge in [-0.3, -0.25) is 4.79 Å². The molecule has 1 amide bonds. The number of carbonyl (C=O) groups excluding carboxylic acids is 1. The number of likely N-dealkylation sites (tertiary alicyclic amines) is 1. The van der Waals surface area contributed by atoms with Gasteiger partial charge in [0.25, 0.3) is 0 Å². The van der Waals surface area contributed by atoms with Crippen LogP contribution in [0.25, 0.3) is 0 Å². The highest BCUT2D eigenvalue weighted by Crippen LogP contribution is 2.27. The molecule has 1 heterocycles. The summed E-state index contributed by atoms with van der Waals surface area (Å²) in [4.78, 5) is 14.3. The summed E-state index contributed by atoms with van der Waals surface area (Å²) in [6, 6.07) is 0. The summed E-state index contributed by atoms with van der Waals surface area (Å²) in [5, 5.41) is 0. The number of piperidine rings is 1. The lowest BCUT2D eigenvalue weighted by atomic mass is 9.84. The van der Waals surface area contributed by atoms with E-state index in [-0.39, 0.29) is 5.41 Å². The Balaban J connectivity index is 2.40. The van der Waals surface area contributed by atoms with Crippen LogP contribution in [0.4, 0.5) is 0 Å². The predicted molar refractivity (Wildman–Crippen MR) is 76.2 cm³/mol. The van der Waals surface area contributed by atoms with Crippen LogP contribution in [-0.2, 0) is 4.79 Å². The summed E-state index contributed by atoms with van der Waals surface area (Å²) in [6.07, 6.45) is 3.87. The fraction of sp³-hybridized carbons (Fsp3) is 0.933. The van der Waals surface area contributed by atoms with Crippen molar-refractivity contribution >= 4 is 5.91 Å². The normalized spacial score (nSPS) is 25.3. The third kappa shape index (κ3) is 4.97. The first-order valence-corrected chi connectivity index (χ1v) is 7.32. The Morgan fingerprint density at radius 3 is 2.28 bits per heavy atom. The third-order valence-electron chi connectivity index (χ3n) is 4.06. The minimum atomic E-state index is 0.192. The minimum absolute atomic E-state index is 0.192. The van der Waals surface area contributed by atoms with E-state index >= 15 is 0 Å². The van der Waals surface area contributed by atoms with Gasteiger partial charge in [0.2, 0.25) is 5.91 Å². The number of amides is 1. The maximum atomic E-state index is 12.2. The van der Waals surface area contributed by atoms with E-state index in [1.54, 1.807) is 0 Å². The molecule has 2 N–H and O–H groups in total. The monoisotopic (exact) mass is 254 g/mol. The summed E-state index contributed by atoms with van der Waals surface area (Å²) in [5.74, 6) is 1.63. The van der Waals surface area contributed by atoms with Crippen LogP contribution in [0.2, 0.25) is 0 Å². The second-order valence-corrected chi connectivity index (χ2v) is 6.95. The lowest BCUT2D eigenvalue weighted by molar-refractivity contribution is -0.134. The van der Waals surface area contributed by atoms with Crippen molar-refractivity contribution in [2.75, 3.05) is 19.6 Å². The molecule has 18 heavy (non-hydrogen) atoms. The second-order valence-electron chi connectivity index (χ2n) is 6.95. The van der Waals surface area contributed by atoms with E-state index in [2.05, 4.69) is 32.6 Å². The fourth-order valence-electron chi connectivity index (χ4n) is 2.99. The summed E-state index contributed by atoms with van der Waals surface area (Å²) < 4.78 is 0. The highest BCUT2D eigenvalue weighted by atomic mass is 16.2. The van der Waals surface area contributed by atoms with Gasteiger partial charge in [0.15, 0.2) is 0 Å². The van der Waals surface area contributed by atoms with Crippen molar-refractivity contribution in [1.82, 2.24) is 4.90 Å². The van der Waals surface area contributed by atoms with Crippen LogP contribution < -0.4 is 5.73 Å². The number of carbonyl (C=O) groups is 1. The number of rotatable bonds is 5. The van der Waals surface area contributed by atoms with Gasteiger partial charge >= 0.3 is 0 Å². The molecule has 1 saturated heterocycles.